The molecule has 0 saturated heterocycles. The smallest absolute Gasteiger partial charge is 0.332 e. The molecule has 5 nitrogen and oxygen atoms in total. The SMILES string of the molecule is O=C(NS(=O)(=O)C(F)(OCC1C2CC3CC(C2)CC1C3)C1CC1)c1ccccc1. The molecule has 1 unspecified atom stereocenters. The second-order valence-electron chi connectivity index (χ2n) is 9.56. The first kappa shape index (κ1) is 19.5. The second kappa shape index (κ2) is 7.05. The zero-order chi connectivity index (χ0) is 20.2. The number of hydrogen-bond acceptors (Lipinski definition) is 4. The van der Waals surface area contributed by atoms with Crippen molar-refractivity contribution in [2.75, 3.05) is 6.61 Å². The monoisotopic (exact) mass is 421 g/mol. The minimum Gasteiger partial charge on any atom is -0.332 e. The normalized spacial score (nSPS) is 35.3. The van der Waals surface area contributed by atoms with E-state index in [1.54, 1.807) is 18.2 Å². The second-order valence-corrected chi connectivity index (χ2v) is 11.3. The van der Waals surface area contributed by atoms with E-state index in [0.29, 0.717) is 24.7 Å². The van der Waals surface area contributed by atoms with Gasteiger partial charge in [0.1, 0.15) is 0 Å². The van der Waals surface area contributed by atoms with Crippen LogP contribution in [-0.4, -0.2) is 26.1 Å². The van der Waals surface area contributed by atoms with Crippen LogP contribution < -0.4 is 4.72 Å². The first-order valence-corrected chi connectivity index (χ1v) is 12.3. The van der Waals surface area contributed by atoms with E-state index in [4.69, 9.17) is 4.74 Å². The summed E-state index contributed by atoms with van der Waals surface area (Å²) in [6.07, 6.45) is 6.91. The molecule has 29 heavy (non-hydrogen) atoms. The van der Waals surface area contributed by atoms with Crippen LogP contribution in [0.3, 0.4) is 0 Å². The van der Waals surface area contributed by atoms with Crippen LogP contribution in [0.5, 0.6) is 0 Å². The fourth-order valence-corrected chi connectivity index (χ4v) is 7.60. The Balaban J connectivity index is 1.30. The van der Waals surface area contributed by atoms with Crippen molar-refractivity contribution in [3.8, 4) is 0 Å². The van der Waals surface area contributed by atoms with Crippen molar-refractivity contribution in [2.45, 2.75) is 50.1 Å². The first-order valence-electron chi connectivity index (χ1n) is 10.8. The number of alkyl halides is 1. The van der Waals surface area contributed by atoms with Crippen LogP contribution in [0.4, 0.5) is 4.39 Å². The van der Waals surface area contributed by atoms with E-state index in [1.165, 1.54) is 44.2 Å². The minimum absolute atomic E-state index is 0.127. The number of rotatable bonds is 7. The van der Waals surface area contributed by atoms with Gasteiger partial charge >= 0.3 is 5.19 Å². The average Bonchev–Trinajstić information content (AvgIpc) is 3.52. The fraction of sp³-hybridized carbons (Fsp3) is 0.682. The molecule has 0 heterocycles. The van der Waals surface area contributed by atoms with Crippen molar-refractivity contribution in [1.82, 2.24) is 4.72 Å². The Morgan fingerprint density at radius 3 is 2.17 bits per heavy atom. The highest BCUT2D eigenvalue weighted by molar-refractivity contribution is 7.91. The average molecular weight is 422 g/mol. The molecular weight excluding hydrogens is 393 g/mol. The number of ether oxygens (including phenoxy) is 1. The van der Waals surface area contributed by atoms with E-state index in [-0.39, 0.29) is 18.1 Å². The lowest BCUT2D eigenvalue weighted by molar-refractivity contribution is -0.142. The predicted octanol–water partition coefficient (Wildman–Crippen LogP) is 3.87. The maximum atomic E-state index is 15.8. The summed E-state index contributed by atoms with van der Waals surface area (Å²) >= 11 is 0. The molecule has 1 amide bonds. The van der Waals surface area contributed by atoms with Gasteiger partial charge < -0.3 is 4.74 Å². The van der Waals surface area contributed by atoms with Crippen LogP contribution in [0, 0.1) is 35.5 Å². The summed E-state index contributed by atoms with van der Waals surface area (Å²) in [5.41, 5.74) is 0.176. The highest BCUT2D eigenvalue weighted by Crippen LogP contribution is 2.57. The fourth-order valence-electron chi connectivity index (χ4n) is 6.20. The van der Waals surface area contributed by atoms with Gasteiger partial charge in [-0.05, 0) is 86.7 Å². The van der Waals surface area contributed by atoms with E-state index in [9.17, 15) is 13.2 Å². The third kappa shape index (κ3) is 3.50. The number of carbonyl (C=O) groups is 1. The zero-order valence-electron chi connectivity index (χ0n) is 16.4. The Labute approximate surface area is 171 Å². The molecule has 0 spiro atoms. The summed E-state index contributed by atoms with van der Waals surface area (Å²) in [5, 5.41) is -2.84. The van der Waals surface area contributed by atoms with Gasteiger partial charge in [-0.25, -0.2) is 13.1 Å². The molecule has 7 heteroatoms. The van der Waals surface area contributed by atoms with Crippen molar-refractivity contribution in [2.24, 2.45) is 35.5 Å². The van der Waals surface area contributed by atoms with Crippen molar-refractivity contribution < 1.29 is 22.3 Å². The summed E-state index contributed by atoms with van der Waals surface area (Å²) in [6.45, 7) is 0.127. The summed E-state index contributed by atoms with van der Waals surface area (Å²) in [5.74, 6) is 1.33. The molecule has 5 aliphatic carbocycles. The Kier molecular flexibility index (Phi) is 4.74. The summed E-state index contributed by atoms with van der Waals surface area (Å²) in [4.78, 5) is 12.3. The summed E-state index contributed by atoms with van der Waals surface area (Å²) in [7, 11) is -4.62. The minimum atomic E-state index is -4.62. The van der Waals surface area contributed by atoms with E-state index < -0.39 is 27.0 Å². The van der Waals surface area contributed by atoms with Crippen LogP contribution >= 0.6 is 0 Å². The predicted molar refractivity (Wildman–Crippen MR) is 106 cm³/mol. The quantitative estimate of drug-likeness (QED) is 0.725. The van der Waals surface area contributed by atoms with Crippen LogP contribution in [0.25, 0.3) is 0 Å². The van der Waals surface area contributed by atoms with Crippen molar-refractivity contribution in [1.29, 1.82) is 0 Å². The zero-order valence-corrected chi connectivity index (χ0v) is 17.2. The number of halogens is 1. The molecule has 5 saturated carbocycles. The lowest BCUT2D eigenvalue weighted by Gasteiger charge is -2.54. The Bertz CT molecular complexity index is 857. The van der Waals surface area contributed by atoms with Crippen LogP contribution in [0.15, 0.2) is 30.3 Å². The number of carbonyl (C=O) groups excluding carboxylic acids is 1. The molecular formula is C22H28FNO4S. The molecule has 5 fully saturated rings. The van der Waals surface area contributed by atoms with Crippen molar-refractivity contribution >= 4 is 15.9 Å². The van der Waals surface area contributed by atoms with Gasteiger partial charge in [-0.3, -0.25) is 4.79 Å². The number of benzene rings is 1. The van der Waals surface area contributed by atoms with Crippen molar-refractivity contribution in [3.05, 3.63) is 35.9 Å². The molecule has 1 aromatic carbocycles. The molecule has 5 aliphatic rings. The van der Waals surface area contributed by atoms with Gasteiger partial charge in [0.15, 0.2) is 0 Å². The maximum Gasteiger partial charge on any atom is 0.333 e. The Hall–Kier alpha value is -1.47. The van der Waals surface area contributed by atoms with Crippen LogP contribution in [-0.2, 0) is 14.8 Å². The highest BCUT2D eigenvalue weighted by atomic mass is 32.2. The largest absolute Gasteiger partial charge is 0.333 e. The molecule has 0 aliphatic heterocycles. The summed E-state index contributed by atoms with van der Waals surface area (Å²) < 4.78 is 49.1. The van der Waals surface area contributed by atoms with Gasteiger partial charge in [-0.2, -0.15) is 4.39 Å². The van der Waals surface area contributed by atoms with Gasteiger partial charge in [-0.1, -0.05) is 18.2 Å². The van der Waals surface area contributed by atoms with Gasteiger partial charge in [0, 0.05) is 11.5 Å². The van der Waals surface area contributed by atoms with Crippen LogP contribution in [0.2, 0.25) is 0 Å². The molecule has 0 aromatic heterocycles. The summed E-state index contributed by atoms with van der Waals surface area (Å²) in [6, 6.07) is 7.99. The molecule has 158 valence electrons. The third-order valence-electron chi connectivity index (χ3n) is 7.59. The molecule has 1 aromatic rings. The molecule has 6 rings (SSSR count). The first-order chi connectivity index (χ1) is 13.9. The lowest BCUT2D eigenvalue weighted by Crippen LogP contribution is -2.52. The Morgan fingerprint density at radius 1 is 1.03 bits per heavy atom. The van der Waals surface area contributed by atoms with Gasteiger partial charge in [0.25, 0.3) is 15.9 Å². The molecule has 1 N–H and O–H groups in total. The van der Waals surface area contributed by atoms with Gasteiger partial charge in [-0.15, -0.1) is 0 Å². The topological polar surface area (TPSA) is 72.5 Å². The van der Waals surface area contributed by atoms with E-state index in [0.717, 1.165) is 11.8 Å². The van der Waals surface area contributed by atoms with Gasteiger partial charge in [0.2, 0.25) is 0 Å². The lowest BCUT2D eigenvalue weighted by atomic mass is 9.52. The number of hydrogen-bond donors (Lipinski definition) is 1. The number of amides is 1. The van der Waals surface area contributed by atoms with Gasteiger partial charge in [0.05, 0.1) is 6.61 Å². The standard InChI is InChI=1S/C22H28FNO4S/c23-22(19-6-7-19,29(26,27)24-21(25)16-4-2-1-3-5-16)28-13-20-17-9-14-8-15(11-17)12-18(20)10-14/h1-5,14-15,17-20H,6-13H2,(H,24,25). The van der Waals surface area contributed by atoms with E-state index in [2.05, 4.69) is 0 Å². The van der Waals surface area contributed by atoms with E-state index >= 15 is 4.39 Å². The number of nitrogens with one attached hydrogen (secondary N) is 1. The Morgan fingerprint density at radius 2 is 1.62 bits per heavy atom. The molecule has 4 bridgehead atoms. The maximum absolute atomic E-state index is 15.8. The van der Waals surface area contributed by atoms with Crippen molar-refractivity contribution in [3.63, 3.8) is 0 Å². The molecule has 0 radical (unpaired) electrons. The van der Waals surface area contributed by atoms with E-state index in [1.807, 2.05) is 4.72 Å². The van der Waals surface area contributed by atoms with Crippen LogP contribution in [0.1, 0.15) is 55.3 Å². The molecule has 1 atom stereocenters. The number of sulfonamides is 1. The third-order valence-corrected chi connectivity index (χ3v) is 9.23. The highest BCUT2D eigenvalue weighted by Gasteiger charge is 2.59.